The van der Waals surface area contributed by atoms with Gasteiger partial charge in [-0.15, -0.1) is 0 Å². The van der Waals surface area contributed by atoms with Gasteiger partial charge in [-0.1, -0.05) is 26.0 Å². The van der Waals surface area contributed by atoms with Crippen LogP contribution in [-0.2, 0) is 27.9 Å². The van der Waals surface area contributed by atoms with Crippen LogP contribution in [0.1, 0.15) is 19.4 Å². The Balaban J connectivity index is 1.74. The van der Waals surface area contributed by atoms with Crippen LogP contribution in [0.5, 0.6) is 0 Å². The third-order valence-electron chi connectivity index (χ3n) is 4.75. The van der Waals surface area contributed by atoms with E-state index in [4.69, 9.17) is 0 Å². The number of imidazole rings is 1. The summed E-state index contributed by atoms with van der Waals surface area (Å²) in [4.78, 5) is 28.7. The first-order valence-corrected chi connectivity index (χ1v) is 11.3. The molecule has 0 fully saturated rings. The maximum Gasteiger partial charge on any atom is 0.251 e. The van der Waals surface area contributed by atoms with Gasteiger partial charge in [0.15, 0.2) is 0 Å². The van der Waals surface area contributed by atoms with Crippen molar-refractivity contribution in [3.05, 3.63) is 77.2 Å². The highest BCUT2D eigenvalue weighted by atomic mass is 32.2. The summed E-state index contributed by atoms with van der Waals surface area (Å²) in [5, 5.41) is 2.76. The van der Waals surface area contributed by atoms with Gasteiger partial charge in [-0.25, -0.2) is 13.4 Å². The van der Waals surface area contributed by atoms with Crippen LogP contribution in [0.2, 0.25) is 0 Å². The van der Waals surface area contributed by atoms with Gasteiger partial charge in [0.1, 0.15) is 6.54 Å². The summed E-state index contributed by atoms with van der Waals surface area (Å²) in [5.74, 6) is -0.431. The third-order valence-corrected chi connectivity index (χ3v) is 6.78. The lowest BCUT2D eigenvalue weighted by molar-refractivity contribution is -0.116. The Hall–Kier alpha value is -3.24. The smallest absolute Gasteiger partial charge is 0.251 e. The number of hydrogen-bond donors (Lipinski definition) is 1. The Kier molecular flexibility index (Phi) is 7.03. The molecule has 0 bridgehead atoms. The van der Waals surface area contributed by atoms with Crippen LogP contribution in [0.4, 0.5) is 5.69 Å². The van der Waals surface area contributed by atoms with E-state index in [-0.39, 0.29) is 11.4 Å². The molecular formula is C21H25N5O4S. The van der Waals surface area contributed by atoms with E-state index in [9.17, 15) is 18.0 Å². The molecule has 0 spiro atoms. The SMILES string of the molecule is CCN(CC)S(=O)(=O)c1ccc(=O)n(CC(=O)Nc2cccc(Cn3ccnc3)c2)c1. The number of hydrogen-bond acceptors (Lipinski definition) is 5. The van der Waals surface area contributed by atoms with Crippen molar-refractivity contribution >= 4 is 21.6 Å². The maximum atomic E-state index is 12.7. The first-order chi connectivity index (χ1) is 14.8. The predicted molar refractivity (Wildman–Crippen MR) is 117 cm³/mol. The van der Waals surface area contributed by atoms with Crippen molar-refractivity contribution in [2.75, 3.05) is 18.4 Å². The van der Waals surface area contributed by atoms with E-state index in [0.717, 1.165) is 16.2 Å². The van der Waals surface area contributed by atoms with Crippen LogP contribution < -0.4 is 10.9 Å². The maximum absolute atomic E-state index is 12.7. The fourth-order valence-electron chi connectivity index (χ4n) is 3.19. The van der Waals surface area contributed by atoms with Crippen molar-refractivity contribution in [2.45, 2.75) is 31.8 Å². The van der Waals surface area contributed by atoms with Gasteiger partial charge in [0.2, 0.25) is 15.9 Å². The van der Waals surface area contributed by atoms with Crippen molar-refractivity contribution < 1.29 is 13.2 Å². The van der Waals surface area contributed by atoms with E-state index in [1.807, 2.05) is 29.0 Å². The number of sulfonamides is 1. The molecule has 0 aliphatic carbocycles. The summed E-state index contributed by atoms with van der Waals surface area (Å²) in [6.07, 6.45) is 6.46. The monoisotopic (exact) mass is 443 g/mol. The fourth-order valence-corrected chi connectivity index (χ4v) is 4.67. The van der Waals surface area contributed by atoms with Gasteiger partial charge in [0, 0.05) is 50.0 Å². The largest absolute Gasteiger partial charge is 0.333 e. The van der Waals surface area contributed by atoms with Crippen LogP contribution in [0.3, 0.4) is 0 Å². The minimum Gasteiger partial charge on any atom is -0.333 e. The molecule has 0 saturated heterocycles. The molecule has 2 heterocycles. The molecule has 1 amide bonds. The number of carbonyl (C=O) groups is 1. The van der Waals surface area contributed by atoms with Crippen molar-refractivity contribution in [3.8, 4) is 0 Å². The van der Waals surface area contributed by atoms with Gasteiger partial charge in [0.25, 0.3) is 5.56 Å². The lowest BCUT2D eigenvalue weighted by Crippen LogP contribution is -2.33. The van der Waals surface area contributed by atoms with E-state index in [0.29, 0.717) is 25.3 Å². The summed E-state index contributed by atoms with van der Waals surface area (Å²) >= 11 is 0. The highest BCUT2D eigenvalue weighted by Crippen LogP contribution is 2.14. The Labute approximate surface area is 181 Å². The highest BCUT2D eigenvalue weighted by molar-refractivity contribution is 7.89. The zero-order chi connectivity index (χ0) is 22.4. The summed E-state index contributed by atoms with van der Waals surface area (Å²) < 4.78 is 29.7. The molecule has 10 heteroatoms. The number of nitrogens with one attached hydrogen (secondary N) is 1. The lowest BCUT2D eigenvalue weighted by atomic mass is 10.2. The molecule has 0 saturated carbocycles. The van der Waals surface area contributed by atoms with Crippen LogP contribution in [0.15, 0.2) is 71.0 Å². The minimum absolute atomic E-state index is 0.0223. The molecule has 3 aromatic rings. The van der Waals surface area contributed by atoms with Gasteiger partial charge >= 0.3 is 0 Å². The number of carbonyl (C=O) groups excluding carboxylic acids is 1. The van der Waals surface area contributed by atoms with Gasteiger partial charge < -0.3 is 14.5 Å². The highest BCUT2D eigenvalue weighted by Gasteiger charge is 2.22. The molecule has 0 atom stereocenters. The molecule has 0 unspecified atom stereocenters. The van der Waals surface area contributed by atoms with Gasteiger partial charge in [-0.2, -0.15) is 4.31 Å². The first kappa shape index (κ1) is 22.4. The molecule has 1 N–H and O–H groups in total. The van der Waals surface area contributed by atoms with Crippen molar-refractivity contribution in [1.29, 1.82) is 0 Å². The van der Waals surface area contributed by atoms with Gasteiger partial charge in [-0.05, 0) is 23.8 Å². The average molecular weight is 444 g/mol. The average Bonchev–Trinajstić information content (AvgIpc) is 3.23. The van der Waals surface area contributed by atoms with E-state index >= 15 is 0 Å². The van der Waals surface area contributed by atoms with E-state index < -0.39 is 21.5 Å². The van der Waals surface area contributed by atoms with Crippen molar-refractivity contribution in [1.82, 2.24) is 18.4 Å². The number of pyridine rings is 1. The summed E-state index contributed by atoms with van der Waals surface area (Å²) in [6.45, 7) is 4.42. The second-order valence-electron chi connectivity index (χ2n) is 6.90. The first-order valence-electron chi connectivity index (χ1n) is 9.88. The molecule has 9 nitrogen and oxygen atoms in total. The fraction of sp³-hybridized carbons (Fsp3) is 0.286. The quantitative estimate of drug-likeness (QED) is 0.542. The van der Waals surface area contributed by atoms with E-state index in [1.165, 1.54) is 16.6 Å². The molecule has 2 aromatic heterocycles. The summed E-state index contributed by atoms with van der Waals surface area (Å²) in [5.41, 5.74) is 1.10. The normalized spacial score (nSPS) is 11.6. The van der Waals surface area contributed by atoms with Crippen LogP contribution in [-0.4, -0.2) is 45.8 Å². The Bertz CT molecular complexity index is 1200. The van der Waals surface area contributed by atoms with Crippen LogP contribution >= 0.6 is 0 Å². The zero-order valence-corrected chi connectivity index (χ0v) is 18.2. The summed E-state index contributed by atoms with van der Waals surface area (Å²) in [7, 11) is -3.73. The van der Waals surface area contributed by atoms with E-state index in [1.54, 1.807) is 32.4 Å². The van der Waals surface area contributed by atoms with Gasteiger partial charge in [0.05, 0.1) is 11.2 Å². The predicted octanol–water partition coefficient (Wildman–Crippen LogP) is 1.76. The number of anilines is 1. The number of rotatable bonds is 9. The summed E-state index contributed by atoms with van der Waals surface area (Å²) in [6, 6.07) is 9.77. The third kappa shape index (κ3) is 5.47. The van der Waals surface area contributed by atoms with Crippen molar-refractivity contribution in [2.24, 2.45) is 0 Å². The molecule has 0 radical (unpaired) electrons. The zero-order valence-electron chi connectivity index (χ0n) is 17.4. The molecule has 1 aromatic carbocycles. The molecule has 0 aliphatic heterocycles. The molecule has 0 aliphatic rings. The Morgan fingerprint density at radius 3 is 2.61 bits per heavy atom. The lowest BCUT2D eigenvalue weighted by Gasteiger charge is -2.19. The minimum atomic E-state index is -3.73. The Morgan fingerprint density at radius 1 is 1.16 bits per heavy atom. The molecular weight excluding hydrogens is 418 g/mol. The van der Waals surface area contributed by atoms with E-state index in [2.05, 4.69) is 10.3 Å². The topological polar surface area (TPSA) is 106 Å². The number of benzene rings is 1. The number of nitrogens with zero attached hydrogens (tertiary/aromatic N) is 4. The Morgan fingerprint density at radius 2 is 1.94 bits per heavy atom. The van der Waals surface area contributed by atoms with Gasteiger partial charge in [-0.3, -0.25) is 9.59 Å². The number of amides is 1. The molecule has 31 heavy (non-hydrogen) atoms. The van der Waals surface area contributed by atoms with Crippen LogP contribution in [0.25, 0.3) is 0 Å². The second kappa shape index (κ2) is 9.71. The second-order valence-corrected chi connectivity index (χ2v) is 8.84. The van der Waals surface area contributed by atoms with Crippen molar-refractivity contribution in [3.63, 3.8) is 0 Å². The number of aromatic nitrogens is 3. The molecule has 164 valence electrons. The standard InChI is InChI=1S/C21H25N5O4S/c1-3-26(4-2)31(29,30)19-8-9-21(28)25(14-19)15-20(27)23-18-7-5-6-17(12-18)13-24-11-10-22-16-24/h5-12,14,16H,3-4,13,15H2,1-2H3,(H,23,27). The molecule has 3 rings (SSSR count). The van der Waals surface area contributed by atoms with Crippen LogP contribution in [0, 0.1) is 0 Å².